The highest BCUT2D eigenvalue weighted by Crippen LogP contribution is 2.30. The van der Waals surface area contributed by atoms with E-state index in [2.05, 4.69) is 11.0 Å². The quantitative estimate of drug-likeness (QED) is 0.570. The van der Waals surface area contributed by atoms with Crippen molar-refractivity contribution in [1.82, 2.24) is 4.98 Å². The fraction of sp³-hybridized carbons (Fsp3) is 0.625. The van der Waals surface area contributed by atoms with Crippen molar-refractivity contribution < 1.29 is 5.11 Å². The van der Waals surface area contributed by atoms with Crippen LogP contribution in [0.3, 0.4) is 0 Å². The molecule has 2 heterocycles. The van der Waals surface area contributed by atoms with Crippen LogP contribution in [0.4, 0.5) is 5.82 Å². The summed E-state index contributed by atoms with van der Waals surface area (Å²) in [7, 11) is 0. The van der Waals surface area contributed by atoms with Gasteiger partial charge >= 0.3 is 0 Å². The first kappa shape index (κ1) is 14.3. The minimum absolute atomic E-state index is 0.0863. The normalized spacial score (nSPS) is 25.5. The van der Waals surface area contributed by atoms with Crippen LogP contribution in [0.2, 0.25) is 0 Å². The number of hydrogen-bond acceptors (Lipinski definition) is 4. The first-order valence-corrected chi connectivity index (χ1v) is 7.81. The molecule has 1 aromatic rings. The maximum absolute atomic E-state index is 10.2. The Kier molecular flexibility index (Phi) is 3.61. The number of aliphatic hydroxyl groups is 1. The number of rotatable bonds is 2. The Morgan fingerprint density at radius 2 is 2.14 bits per heavy atom. The Bertz CT molecular complexity index is 568. The van der Waals surface area contributed by atoms with E-state index >= 15 is 0 Å². The smallest absolute Gasteiger partial charge is 0.139 e. The van der Waals surface area contributed by atoms with Crippen molar-refractivity contribution in [2.75, 3.05) is 18.0 Å². The van der Waals surface area contributed by atoms with Crippen LogP contribution in [0.5, 0.6) is 0 Å². The summed E-state index contributed by atoms with van der Waals surface area (Å²) in [6.45, 7) is 3.53. The van der Waals surface area contributed by atoms with Crippen molar-refractivity contribution in [1.29, 1.82) is 5.41 Å². The lowest BCUT2D eigenvalue weighted by Gasteiger charge is -2.25. The van der Waals surface area contributed by atoms with E-state index in [4.69, 9.17) is 16.1 Å². The van der Waals surface area contributed by atoms with Gasteiger partial charge in [0.1, 0.15) is 11.7 Å². The first-order valence-electron chi connectivity index (χ1n) is 7.81. The largest absolute Gasteiger partial charge is 0.390 e. The highest BCUT2D eigenvalue weighted by atomic mass is 16.3. The number of nitrogens with one attached hydrogen (secondary N) is 1. The second kappa shape index (κ2) is 5.30. The van der Waals surface area contributed by atoms with Crippen molar-refractivity contribution in [3.63, 3.8) is 0 Å². The summed E-state index contributed by atoms with van der Waals surface area (Å²) in [5, 5.41) is 18.1. The minimum Gasteiger partial charge on any atom is -0.390 e. The molecule has 1 unspecified atom stereocenters. The summed E-state index contributed by atoms with van der Waals surface area (Å²) in [5.41, 5.74) is 8.33. The number of amidine groups is 1. The molecule has 114 valence electrons. The fourth-order valence-electron chi connectivity index (χ4n) is 3.38. The summed E-state index contributed by atoms with van der Waals surface area (Å²) < 4.78 is 0. The number of nitrogen functional groups attached to an aromatic ring is 1. The molecule has 1 atom stereocenters. The summed E-state index contributed by atoms with van der Waals surface area (Å²) >= 11 is 0. The molecule has 0 aromatic carbocycles. The minimum atomic E-state index is -0.595. The number of fused-ring (bicyclic) bond motifs is 1. The molecule has 1 saturated heterocycles. The van der Waals surface area contributed by atoms with Crippen molar-refractivity contribution in [3.8, 4) is 0 Å². The van der Waals surface area contributed by atoms with Gasteiger partial charge in [-0.1, -0.05) is 0 Å². The number of nitrogens with two attached hydrogens (primary N) is 1. The molecule has 2 aliphatic rings. The molecule has 0 bridgehead atoms. The van der Waals surface area contributed by atoms with Crippen LogP contribution in [0.15, 0.2) is 6.07 Å². The van der Waals surface area contributed by atoms with Crippen LogP contribution in [0, 0.1) is 5.41 Å². The second-order valence-corrected chi connectivity index (χ2v) is 6.57. The van der Waals surface area contributed by atoms with E-state index in [1.54, 1.807) is 0 Å². The lowest BCUT2D eigenvalue weighted by atomic mass is 9.98. The van der Waals surface area contributed by atoms with Crippen LogP contribution in [0.25, 0.3) is 0 Å². The molecule has 1 aliphatic heterocycles. The Morgan fingerprint density at radius 1 is 1.33 bits per heavy atom. The third kappa shape index (κ3) is 2.88. The summed E-state index contributed by atoms with van der Waals surface area (Å²) in [4.78, 5) is 7.00. The second-order valence-electron chi connectivity index (χ2n) is 6.57. The van der Waals surface area contributed by atoms with Gasteiger partial charge in [-0.15, -0.1) is 0 Å². The number of aromatic nitrogens is 1. The number of anilines is 1. The van der Waals surface area contributed by atoms with E-state index in [1.807, 2.05) is 6.92 Å². The van der Waals surface area contributed by atoms with Gasteiger partial charge < -0.3 is 15.7 Å². The Hall–Kier alpha value is -1.62. The molecular formula is C16H24N4O. The molecule has 5 nitrogen and oxygen atoms in total. The van der Waals surface area contributed by atoms with E-state index in [0.29, 0.717) is 0 Å². The lowest BCUT2D eigenvalue weighted by Crippen LogP contribution is -2.31. The van der Waals surface area contributed by atoms with Crippen molar-refractivity contribution >= 4 is 11.7 Å². The maximum Gasteiger partial charge on any atom is 0.139 e. The monoisotopic (exact) mass is 288 g/mol. The van der Waals surface area contributed by atoms with Crippen LogP contribution in [-0.4, -0.2) is 34.6 Å². The molecule has 1 aliphatic carbocycles. The molecule has 3 rings (SSSR count). The van der Waals surface area contributed by atoms with Crippen molar-refractivity contribution in [3.05, 3.63) is 22.9 Å². The average molecular weight is 288 g/mol. The third-order valence-electron chi connectivity index (χ3n) is 4.68. The number of hydrogen-bond donors (Lipinski definition) is 3. The van der Waals surface area contributed by atoms with Crippen LogP contribution in [-0.2, 0) is 12.8 Å². The molecule has 0 saturated carbocycles. The highest BCUT2D eigenvalue weighted by molar-refractivity contribution is 6.00. The zero-order valence-corrected chi connectivity index (χ0v) is 12.7. The van der Waals surface area contributed by atoms with Crippen LogP contribution in [0.1, 0.15) is 49.4 Å². The fourth-order valence-corrected chi connectivity index (χ4v) is 3.38. The van der Waals surface area contributed by atoms with E-state index < -0.39 is 5.60 Å². The van der Waals surface area contributed by atoms with Gasteiger partial charge in [0, 0.05) is 18.8 Å². The number of nitrogens with zero attached hydrogens (tertiary/aromatic N) is 2. The average Bonchev–Trinajstić information content (AvgIpc) is 2.80. The van der Waals surface area contributed by atoms with Gasteiger partial charge in [-0.3, -0.25) is 5.41 Å². The van der Waals surface area contributed by atoms with E-state index in [0.717, 1.165) is 68.7 Å². The van der Waals surface area contributed by atoms with Gasteiger partial charge in [0.2, 0.25) is 0 Å². The Labute approximate surface area is 125 Å². The number of aryl methyl sites for hydroxylation is 2. The summed E-state index contributed by atoms with van der Waals surface area (Å²) in [6.07, 6.45) is 5.66. The lowest BCUT2D eigenvalue weighted by molar-refractivity contribution is 0.0481. The highest BCUT2D eigenvalue weighted by Gasteiger charge is 2.28. The molecule has 4 N–H and O–H groups in total. The molecule has 1 aromatic heterocycles. The van der Waals surface area contributed by atoms with Crippen molar-refractivity contribution in [2.24, 2.45) is 5.73 Å². The Balaban J connectivity index is 1.95. The van der Waals surface area contributed by atoms with E-state index in [-0.39, 0.29) is 5.84 Å². The zero-order chi connectivity index (χ0) is 15.0. The van der Waals surface area contributed by atoms with E-state index in [1.165, 1.54) is 5.56 Å². The SMILES string of the molecule is CC1(O)CCCN(c2nc3c(cc2C(=N)N)CCC3)CC1. The first-order chi connectivity index (χ1) is 9.96. The van der Waals surface area contributed by atoms with Gasteiger partial charge in [-0.2, -0.15) is 0 Å². The molecule has 0 amide bonds. The molecule has 0 radical (unpaired) electrons. The molecular weight excluding hydrogens is 264 g/mol. The van der Waals surface area contributed by atoms with Gasteiger partial charge in [0.25, 0.3) is 0 Å². The summed E-state index contributed by atoms with van der Waals surface area (Å²) in [6, 6.07) is 2.05. The van der Waals surface area contributed by atoms with Gasteiger partial charge in [0.15, 0.2) is 0 Å². The van der Waals surface area contributed by atoms with Crippen LogP contribution >= 0.6 is 0 Å². The number of pyridine rings is 1. The maximum atomic E-state index is 10.2. The molecule has 21 heavy (non-hydrogen) atoms. The standard InChI is InChI=1S/C16H24N4O/c1-16(21)6-3-8-20(9-7-16)15-12(14(17)18)10-11-4-2-5-13(11)19-15/h10,21H,2-9H2,1H3,(H3,17,18). The van der Waals surface area contributed by atoms with Crippen LogP contribution < -0.4 is 10.6 Å². The zero-order valence-electron chi connectivity index (χ0n) is 12.7. The van der Waals surface area contributed by atoms with Gasteiger partial charge in [0.05, 0.1) is 11.2 Å². The molecule has 0 spiro atoms. The summed E-state index contributed by atoms with van der Waals surface area (Å²) in [5.74, 6) is 0.920. The topological polar surface area (TPSA) is 86.2 Å². The predicted octanol–water partition coefficient (Wildman–Crippen LogP) is 1.60. The van der Waals surface area contributed by atoms with Gasteiger partial charge in [-0.25, -0.2) is 4.98 Å². The molecule has 5 heteroatoms. The molecule has 1 fully saturated rings. The van der Waals surface area contributed by atoms with E-state index in [9.17, 15) is 5.11 Å². The third-order valence-corrected chi connectivity index (χ3v) is 4.68. The van der Waals surface area contributed by atoms with Crippen molar-refractivity contribution in [2.45, 2.75) is 51.0 Å². The predicted molar refractivity (Wildman–Crippen MR) is 84.0 cm³/mol. The Morgan fingerprint density at radius 3 is 2.90 bits per heavy atom. The van der Waals surface area contributed by atoms with Gasteiger partial charge in [-0.05, 0) is 57.1 Å².